The van der Waals surface area contributed by atoms with Gasteiger partial charge in [-0.15, -0.1) is 0 Å². The second kappa shape index (κ2) is 9.77. The zero-order valence-corrected chi connectivity index (χ0v) is 18.8. The molecule has 30 heavy (non-hydrogen) atoms. The van der Waals surface area contributed by atoms with Crippen LogP contribution in [-0.4, -0.2) is 35.6 Å². The lowest BCUT2D eigenvalue weighted by Crippen LogP contribution is -2.40. The first-order valence-corrected chi connectivity index (χ1v) is 11.3. The summed E-state index contributed by atoms with van der Waals surface area (Å²) in [6, 6.07) is 17.3. The Morgan fingerprint density at radius 2 is 1.80 bits per heavy atom. The summed E-state index contributed by atoms with van der Waals surface area (Å²) >= 11 is 9.48. The van der Waals surface area contributed by atoms with Crippen molar-refractivity contribution in [2.24, 2.45) is 0 Å². The fraction of sp³-hybridized carbons (Fsp3) is 0.304. The summed E-state index contributed by atoms with van der Waals surface area (Å²) in [5, 5.41) is 7.71. The molecule has 2 aromatic carbocycles. The van der Waals surface area contributed by atoms with Crippen molar-refractivity contribution in [3.63, 3.8) is 0 Å². The molecule has 1 unspecified atom stereocenters. The number of piperidine rings is 1. The Morgan fingerprint density at radius 3 is 2.50 bits per heavy atom. The van der Waals surface area contributed by atoms with Gasteiger partial charge in [0.2, 0.25) is 0 Å². The molecule has 1 amide bonds. The van der Waals surface area contributed by atoms with E-state index in [1.807, 2.05) is 48.5 Å². The van der Waals surface area contributed by atoms with Gasteiger partial charge in [-0.2, -0.15) is 0 Å². The number of hydrogen-bond donors (Lipinski definition) is 1. The van der Waals surface area contributed by atoms with Crippen LogP contribution in [0.15, 0.2) is 63.6 Å². The predicted molar refractivity (Wildman–Crippen MR) is 122 cm³/mol. The van der Waals surface area contributed by atoms with Gasteiger partial charge >= 0.3 is 0 Å². The number of likely N-dealkylation sites (tertiary alicyclic amines) is 1. The molecular weight excluding hydrogens is 466 g/mol. The molecule has 0 bridgehead atoms. The van der Waals surface area contributed by atoms with Crippen LogP contribution in [0.3, 0.4) is 0 Å². The second-order valence-corrected chi connectivity index (χ2v) is 8.81. The van der Waals surface area contributed by atoms with Crippen molar-refractivity contribution < 1.29 is 9.32 Å². The van der Waals surface area contributed by atoms with Crippen LogP contribution < -0.4 is 5.32 Å². The lowest BCUT2D eigenvalue weighted by Gasteiger charge is -2.35. The van der Waals surface area contributed by atoms with Crippen molar-refractivity contribution in [1.82, 2.24) is 15.4 Å². The minimum atomic E-state index is -0.238. The highest BCUT2D eigenvalue weighted by Crippen LogP contribution is 2.26. The number of nitrogens with zero attached hydrogens (tertiary/aromatic N) is 2. The topological polar surface area (TPSA) is 58.4 Å². The van der Waals surface area contributed by atoms with Crippen LogP contribution in [0.25, 0.3) is 11.3 Å². The summed E-state index contributed by atoms with van der Waals surface area (Å²) in [6.07, 6.45) is 3.61. The van der Waals surface area contributed by atoms with Crippen LogP contribution in [0.4, 0.5) is 0 Å². The Balaban J connectivity index is 1.45. The number of carbonyl (C=O) groups excluding carboxylic acids is 1. The van der Waals surface area contributed by atoms with Gasteiger partial charge in [0.15, 0.2) is 11.5 Å². The van der Waals surface area contributed by atoms with Crippen LogP contribution in [-0.2, 0) is 0 Å². The van der Waals surface area contributed by atoms with E-state index in [4.69, 9.17) is 16.1 Å². The van der Waals surface area contributed by atoms with Gasteiger partial charge < -0.3 is 9.84 Å². The number of carbonyl (C=O) groups is 1. The minimum absolute atomic E-state index is 0.101. The molecule has 0 saturated carbocycles. The summed E-state index contributed by atoms with van der Waals surface area (Å²) in [4.78, 5) is 15.2. The molecule has 5 nitrogen and oxygen atoms in total. The quantitative estimate of drug-likeness (QED) is 0.482. The highest BCUT2D eigenvalue weighted by Gasteiger charge is 2.24. The lowest BCUT2D eigenvalue weighted by atomic mass is 10.0. The molecule has 4 rings (SSSR count). The number of nitrogens with one attached hydrogen (secondary N) is 1. The molecule has 3 aromatic rings. The molecule has 1 aliphatic rings. The third-order valence-electron chi connectivity index (χ3n) is 5.41. The predicted octanol–water partition coefficient (Wildman–Crippen LogP) is 5.71. The van der Waals surface area contributed by atoms with Crippen LogP contribution in [0.1, 0.15) is 41.4 Å². The van der Waals surface area contributed by atoms with Crippen molar-refractivity contribution in [2.75, 3.05) is 19.6 Å². The molecule has 1 fully saturated rings. The van der Waals surface area contributed by atoms with Crippen LogP contribution >= 0.6 is 27.5 Å². The highest BCUT2D eigenvalue weighted by molar-refractivity contribution is 9.10. The van der Waals surface area contributed by atoms with Crippen molar-refractivity contribution in [1.29, 1.82) is 0 Å². The van der Waals surface area contributed by atoms with E-state index in [0.717, 1.165) is 28.7 Å². The maximum Gasteiger partial charge on any atom is 0.273 e. The molecule has 1 saturated heterocycles. The Bertz CT molecular complexity index is 982. The maximum absolute atomic E-state index is 12.7. The van der Waals surface area contributed by atoms with E-state index in [0.29, 0.717) is 17.3 Å². The van der Waals surface area contributed by atoms with Gasteiger partial charge in [0, 0.05) is 27.7 Å². The summed E-state index contributed by atoms with van der Waals surface area (Å²) in [5.41, 5.74) is 2.30. The van der Waals surface area contributed by atoms with E-state index in [1.54, 1.807) is 6.07 Å². The molecule has 0 radical (unpaired) electrons. The Hall–Kier alpha value is -2.15. The molecule has 1 aromatic heterocycles. The first-order chi connectivity index (χ1) is 14.6. The zero-order chi connectivity index (χ0) is 20.9. The number of rotatable bonds is 6. The van der Waals surface area contributed by atoms with Crippen LogP contribution in [0, 0.1) is 0 Å². The van der Waals surface area contributed by atoms with Gasteiger partial charge in [0.05, 0.1) is 6.04 Å². The Labute approximate surface area is 189 Å². The van der Waals surface area contributed by atoms with E-state index in [9.17, 15) is 4.79 Å². The van der Waals surface area contributed by atoms with Gasteiger partial charge in [-0.05, 0) is 55.8 Å². The number of hydrogen-bond acceptors (Lipinski definition) is 4. The molecule has 0 aliphatic carbocycles. The number of aromatic nitrogens is 1. The van der Waals surface area contributed by atoms with E-state index in [-0.39, 0.29) is 17.6 Å². The van der Waals surface area contributed by atoms with Crippen LogP contribution in [0.2, 0.25) is 5.02 Å². The fourth-order valence-corrected chi connectivity index (χ4v) is 4.18. The molecule has 156 valence electrons. The van der Waals surface area contributed by atoms with Crippen molar-refractivity contribution >= 4 is 33.4 Å². The molecule has 2 heterocycles. The fourth-order valence-electron chi connectivity index (χ4n) is 3.79. The third kappa shape index (κ3) is 5.12. The average Bonchev–Trinajstić information content (AvgIpc) is 3.27. The second-order valence-electron chi connectivity index (χ2n) is 7.46. The monoisotopic (exact) mass is 487 g/mol. The van der Waals surface area contributed by atoms with Gasteiger partial charge in [0.25, 0.3) is 5.91 Å². The Morgan fingerprint density at radius 1 is 1.10 bits per heavy atom. The van der Waals surface area contributed by atoms with Crippen molar-refractivity contribution in [2.45, 2.75) is 25.3 Å². The zero-order valence-electron chi connectivity index (χ0n) is 16.5. The van der Waals surface area contributed by atoms with E-state index < -0.39 is 0 Å². The van der Waals surface area contributed by atoms with Gasteiger partial charge in [-0.1, -0.05) is 63.4 Å². The highest BCUT2D eigenvalue weighted by atomic mass is 79.9. The minimum Gasteiger partial charge on any atom is -0.355 e. The summed E-state index contributed by atoms with van der Waals surface area (Å²) in [5.74, 6) is 0.330. The molecule has 1 N–H and O–H groups in total. The molecular formula is C23H23BrClN3O2. The Kier molecular flexibility index (Phi) is 6.87. The van der Waals surface area contributed by atoms with Crippen LogP contribution in [0.5, 0.6) is 0 Å². The van der Waals surface area contributed by atoms with E-state index in [1.165, 1.54) is 19.3 Å². The molecule has 0 spiro atoms. The summed E-state index contributed by atoms with van der Waals surface area (Å²) in [7, 11) is 0. The lowest BCUT2D eigenvalue weighted by molar-refractivity contribution is 0.0915. The first-order valence-electron chi connectivity index (χ1n) is 10.1. The van der Waals surface area contributed by atoms with E-state index >= 15 is 0 Å². The smallest absolute Gasteiger partial charge is 0.273 e. The van der Waals surface area contributed by atoms with Gasteiger partial charge in [-0.25, -0.2) is 0 Å². The SMILES string of the molecule is O=C(NCC(c1ccc(Cl)cc1)N1CCCCC1)c1cc(-c2ccc(Br)cc2)on1. The molecule has 1 aliphatic heterocycles. The largest absolute Gasteiger partial charge is 0.355 e. The number of amides is 1. The normalized spacial score (nSPS) is 15.7. The van der Waals surface area contributed by atoms with Gasteiger partial charge in [0.1, 0.15) is 0 Å². The van der Waals surface area contributed by atoms with Crippen molar-refractivity contribution in [3.8, 4) is 11.3 Å². The first kappa shape index (κ1) is 21.1. The number of benzene rings is 2. The standard InChI is InChI=1S/C23H23BrClN3O2/c24-18-8-4-17(5-9-18)22-14-20(27-30-22)23(29)26-15-21(28-12-2-1-3-13-28)16-6-10-19(25)11-7-16/h4-11,14,21H,1-3,12-13,15H2,(H,26,29). The molecule has 7 heteroatoms. The summed E-state index contributed by atoms with van der Waals surface area (Å²) in [6.45, 7) is 2.56. The summed E-state index contributed by atoms with van der Waals surface area (Å²) < 4.78 is 6.36. The van der Waals surface area contributed by atoms with E-state index in [2.05, 4.69) is 31.3 Å². The molecule has 1 atom stereocenters. The van der Waals surface area contributed by atoms with Gasteiger partial charge in [-0.3, -0.25) is 9.69 Å². The average molecular weight is 489 g/mol. The number of halogens is 2. The third-order valence-corrected chi connectivity index (χ3v) is 6.19. The maximum atomic E-state index is 12.7. The van der Waals surface area contributed by atoms with Crippen molar-refractivity contribution in [3.05, 3.63) is 75.4 Å².